The number of Topliss-reactive ketones (excluding diaryl/α,β-unsaturated/α-hetero) is 2. The molecule has 0 aliphatic carbocycles. The molecular formula is C38H27NO4. The van der Waals surface area contributed by atoms with E-state index < -0.39 is 23.1 Å². The van der Waals surface area contributed by atoms with Gasteiger partial charge in [0.05, 0.1) is 11.4 Å². The fraction of sp³-hybridized carbons (Fsp3) is 0. The SMILES string of the molecule is O=C(/C=C(/C(=O)c1ccccc1)N(/C(=C/C(=O)c1ccccc1)C(=O)c1ccccc1)c1ccccc1)c1ccccc1. The largest absolute Gasteiger partial charge is 0.303 e. The fourth-order valence-corrected chi connectivity index (χ4v) is 4.54. The Morgan fingerprint density at radius 1 is 0.372 bits per heavy atom. The molecular weight excluding hydrogens is 534 g/mol. The van der Waals surface area contributed by atoms with Gasteiger partial charge in [-0.25, -0.2) is 0 Å². The van der Waals surface area contributed by atoms with E-state index in [4.69, 9.17) is 0 Å². The second-order valence-electron chi connectivity index (χ2n) is 9.58. The summed E-state index contributed by atoms with van der Waals surface area (Å²) in [4.78, 5) is 57.1. The standard InChI is InChI=1S/C38H27NO4/c40-35(28-16-6-1-7-17-28)26-33(37(42)30-20-10-3-11-21-30)39(32-24-14-5-15-25-32)34(38(43)31-22-12-4-13-23-31)27-36(41)29-18-8-2-9-19-29/h1-27H/b33-26-,34-27+. The number of anilines is 1. The van der Waals surface area contributed by atoms with Gasteiger partial charge in [-0.2, -0.15) is 0 Å². The number of benzene rings is 5. The van der Waals surface area contributed by atoms with E-state index in [1.807, 2.05) is 0 Å². The van der Waals surface area contributed by atoms with Crippen LogP contribution in [0.1, 0.15) is 41.4 Å². The van der Waals surface area contributed by atoms with Crippen LogP contribution >= 0.6 is 0 Å². The molecule has 0 heterocycles. The van der Waals surface area contributed by atoms with E-state index in [0.29, 0.717) is 27.9 Å². The minimum absolute atomic E-state index is 0.0809. The number of carbonyl (C=O) groups excluding carboxylic acids is 4. The third kappa shape index (κ3) is 6.87. The predicted octanol–water partition coefficient (Wildman–Crippen LogP) is 7.79. The quantitative estimate of drug-likeness (QED) is 0.122. The van der Waals surface area contributed by atoms with Crippen molar-refractivity contribution in [2.75, 3.05) is 4.90 Å². The van der Waals surface area contributed by atoms with Gasteiger partial charge >= 0.3 is 0 Å². The molecule has 0 N–H and O–H groups in total. The lowest BCUT2D eigenvalue weighted by Crippen LogP contribution is -2.32. The maximum atomic E-state index is 14.3. The van der Waals surface area contributed by atoms with Gasteiger partial charge in [0.1, 0.15) is 0 Å². The first kappa shape index (κ1) is 28.6. The molecule has 0 aliphatic rings. The molecule has 0 saturated heterocycles. The molecule has 5 nitrogen and oxygen atoms in total. The summed E-state index contributed by atoms with van der Waals surface area (Å²) in [5, 5.41) is 0. The molecule has 0 unspecified atom stereocenters. The van der Waals surface area contributed by atoms with Crippen molar-refractivity contribution in [2.45, 2.75) is 0 Å². The van der Waals surface area contributed by atoms with E-state index >= 15 is 0 Å². The van der Waals surface area contributed by atoms with E-state index in [0.717, 1.165) is 0 Å². The maximum Gasteiger partial charge on any atom is 0.209 e. The zero-order valence-corrected chi connectivity index (χ0v) is 23.2. The van der Waals surface area contributed by atoms with Crippen molar-refractivity contribution in [1.82, 2.24) is 0 Å². The van der Waals surface area contributed by atoms with E-state index in [9.17, 15) is 19.2 Å². The van der Waals surface area contributed by atoms with Crippen LogP contribution in [0.25, 0.3) is 0 Å². The summed E-state index contributed by atoms with van der Waals surface area (Å²) in [5.74, 6) is -1.84. The van der Waals surface area contributed by atoms with Crippen molar-refractivity contribution in [3.63, 3.8) is 0 Å². The van der Waals surface area contributed by atoms with Crippen LogP contribution in [0.4, 0.5) is 5.69 Å². The van der Waals surface area contributed by atoms with Gasteiger partial charge in [0.25, 0.3) is 0 Å². The summed E-state index contributed by atoms with van der Waals surface area (Å²) in [6, 6.07) is 42.9. The average Bonchev–Trinajstić information content (AvgIpc) is 3.08. The van der Waals surface area contributed by atoms with Gasteiger partial charge in [-0.1, -0.05) is 140 Å². The fourth-order valence-electron chi connectivity index (χ4n) is 4.54. The van der Waals surface area contributed by atoms with E-state index in [1.165, 1.54) is 17.1 Å². The third-order valence-electron chi connectivity index (χ3n) is 6.69. The lowest BCUT2D eigenvalue weighted by Gasteiger charge is -2.29. The third-order valence-corrected chi connectivity index (χ3v) is 6.69. The first-order chi connectivity index (χ1) is 21.0. The average molecular weight is 562 g/mol. The van der Waals surface area contributed by atoms with Crippen LogP contribution < -0.4 is 4.90 Å². The molecule has 5 rings (SSSR count). The van der Waals surface area contributed by atoms with Gasteiger partial charge in [-0.15, -0.1) is 0 Å². The van der Waals surface area contributed by atoms with Gasteiger partial charge < -0.3 is 4.90 Å². The van der Waals surface area contributed by atoms with Crippen LogP contribution in [0.3, 0.4) is 0 Å². The van der Waals surface area contributed by atoms with E-state index in [1.54, 1.807) is 152 Å². The minimum Gasteiger partial charge on any atom is -0.303 e. The molecule has 5 aromatic carbocycles. The number of allylic oxidation sites excluding steroid dienone is 4. The number of ketones is 4. The molecule has 0 radical (unpaired) electrons. The van der Waals surface area contributed by atoms with Crippen molar-refractivity contribution in [2.24, 2.45) is 0 Å². The van der Waals surface area contributed by atoms with E-state index in [-0.39, 0.29) is 11.4 Å². The first-order valence-electron chi connectivity index (χ1n) is 13.7. The molecule has 0 aliphatic heterocycles. The van der Waals surface area contributed by atoms with Crippen molar-refractivity contribution in [3.05, 3.63) is 197 Å². The smallest absolute Gasteiger partial charge is 0.209 e. The summed E-state index contributed by atoms with van der Waals surface area (Å²) in [5.41, 5.74) is 1.64. The topological polar surface area (TPSA) is 71.5 Å². The zero-order chi connectivity index (χ0) is 30.0. The van der Waals surface area contributed by atoms with Crippen LogP contribution in [0.2, 0.25) is 0 Å². The Morgan fingerprint density at radius 3 is 0.977 bits per heavy atom. The van der Waals surface area contributed by atoms with Gasteiger partial charge in [0, 0.05) is 40.1 Å². The van der Waals surface area contributed by atoms with Crippen LogP contribution in [-0.4, -0.2) is 23.1 Å². The molecule has 5 aromatic rings. The minimum atomic E-state index is -0.493. The first-order valence-corrected chi connectivity index (χ1v) is 13.7. The number of carbonyl (C=O) groups is 4. The van der Waals surface area contributed by atoms with Gasteiger partial charge in [-0.05, 0) is 12.1 Å². The Hall–Kier alpha value is -5.94. The van der Waals surface area contributed by atoms with Gasteiger partial charge in [0.2, 0.25) is 11.6 Å². The van der Waals surface area contributed by atoms with Crippen LogP contribution in [0, 0.1) is 0 Å². The highest BCUT2D eigenvalue weighted by atomic mass is 16.1. The summed E-state index contributed by atoms with van der Waals surface area (Å²) in [6.45, 7) is 0. The second kappa shape index (κ2) is 13.6. The molecule has 0 spiro atoms. The Labute approximate surface area is 250 Å². The van der Waals surface area contributed by atoms with Gasteiger partial charge in [0.15, 0.2) is 11.6 Å². The van der Waals surface area contributed by atoms with Crippen molar-refractivity contribution < 1.29 is 19.2 Å². The van der Waals surface area contributed by atoms with Gasteiger partial charge in [-0.3, -0.25) is 19.2 Å². The molecule has 5 heteroatoms. The number of rotatable bonds is 11. The van der Waals surface area contributed by atoms with Crippen molar-refractivity contribution in [3.8, 4) is 0 Å². The monoisotopic (exact) mass is 561 g/mol. The van der Waals surface area contributed by atoms with Crippen LogP contribution in [0.5, 0.6) is 0 Å². The Balaban J connectivity index is 1.78. The lowest BCUT2D eigenvalue weighted by molar-refractivity contribution is 0.0994. The summed E-state index contributed by atoms with van der Waals surface area (Å²) in [7, 11) is 0. The number of hydrogen-bond donors (Lipinski definition) is 0. The molecule has 43 heavy (non-hydrogen) atoms. The van der Waals surface area contributed by atoms with Crippen molar-refractivity contribution >= 4 is 28.8 Å². The summed E-state index contributed by atoms with van der Waals surface area (Å²) < 4.78 is 0. The van der Waals surface area contributed by atoms with Crippen LogP contribution in [-0.2, 0) is 0 Å². The summed E-state index contributed by atoms with van der Waals surface area (Å²) in [6.07, 6.45) is 2.47. The Morgan fingerprint density at radius 2 is 0.651 bits per heavy atom. The highest BCUT2D eigenvalue weighted by molar-refractivity contribution is 6.22. The number of nitrogens with zero attached hydrogens (tertiary/aromatic N) is 1. The number of hydrogen-bond acceptors (Lipinski definition) is 5. The highest BCUT2D eigenvalue weighted by Gasteiger charge is 2.30. The molecule has 208 valence electrons. The zero-order valence-electron chi connectivity index (χ0n) is 23.2. The molecule has 0 fully saturated rings. The number of para-hydroxylation sites is 1. The second-order valence-corrected chi connectivity index (χ2v) is 9.58. The normalized spacial score (nSPS) is 11.4. The summed E-state index contributed by atoms with van der Waals surface area (Å²) >= 11 is 0. The molecule has 0 saturated carbocycles. The Bertz CT molecular complexity index is 1680. The predicted molar refractivity (Wildman–Crippen MR) is 168 cm³/mol. The highest BCUT2D eigenvalue weighted by Crippen LogP contribution is 2.30. The molecule has 0 bridgehead atoms. The van der Waals surface area contributed by atoms with Crippen molar-refractivity contribution in [1.29, 1.82) is 0 Å². The Kier molecular flexibility index (Phi) is 9.05. The van der Waals surface area contributed by atoms with Crippen LogP contribution in [0.15, 0.2) is 175 Å². The molecule has 0 aromatic heterocycles. The van der Waals surface area contributed by atoms with E-state index in [2.05, 4.69) is 0 Å². The molecule has 0 atom stereocenters. The maximum absolute atomic E-state index is 14.3. The lowest BCUT2D eigenvalue weighted by atomic mass is 9.99. The molecule has 0 amide bonds.